The molecule has 1 aromatic heterocycles. The summed E-state index contributed by atoms with van der Waals surface area (Å²) in [7, 11) is 2.20. The van der Waals surface area contributed by atoms with Gasteiger partial charge in [-0.05, 0) is 32.1 Å². The number of hydrogen-bond donors (Lipinski definition) is 0. The largest absolute Gasteiger partial charge is 0.355 e. The van der Waals surface area contributed by atoms with Crippen molar-refractivity contribution in [2.24, 2.45) is 0 Å². The molecule has 2 atom stereocenters. The van der Waals surface area contributed by atoms with Crippen LogP contribution in [0.4, 0.5) is 5.82 Å². The summed E-state index contributed by atoms with van der Waals surface area (Å²) in [6.45, 7) is 0. The van der Waals surface area contributed by atoms with Crippen LogP contribution in [-0.4, -0.2) is 27.9 Å². The first-order chi connectivity index (χ1) is 8.77. The van der Waals surface area contributed by atoms with Crippen molar-refractivity contribution in [2.45, 2.75) is 55.8 Å². The number of anilines is 1. The summed E-state index contributed by atoms with van der Waals surface area (Å²) in [5, 5.41) is 0. The Kier molecular flexibility index (Phi) is 3.55. The molecular weight excluding hydrogens is 290 g/mol. The zero-order chi connectivity index (χ0) is 12.5. The van der Waals surface area contributed by atoms with Gasteiger partial charge in [-0.2, -0.15) is 0 Å². The van der Waals surface area contributed by atoms with Crippen LogP contribution >= 0.6 is 15.9 Å². The average Bonchev–Trinajstić information content (AvgIpc) is 2.86. The maximum absolute atomic E-state index is 4.55. The van der Waals surface area contributed by atoms with Crippen LogP contribution < -0.4 is 4.90 Å². The monoisotopic (exact) mass is 309 g/mol. The Morgan fingerprint density at radius 3 is 2.83 bits per heavy atom. The van der Waals surface area contributed by atoms with Gasteiger partial charge in [0.25, 0.3) is 0 Å². The molecule has 1 fully saturated rings. The Labute approximate surface area is 117 Å². The molecule has 2 unspecified atom stereocenters. The van der Waals surface area contributed by atoms with Crippen molar-refractivity contribution in [2.75, 3.05) is 11.9 Å². The molecule has 1 heterocycles. The number of aromatic nitrogens is 2. The van der Waals surface area contributed by atoms with Crippen molar-refractivity contribution >= 4 is 21.7 Å². The summed E-state index contributed by atoms with van der Waals surface area (Å²) in [5.74, 6) is 1.17. The molecule has 0 bridgehead atoms. The van der Waals surface area contributed by atoms with Gasteiger partial charge in [0.2, 0.25) is 0 Å². The molecular formula is C14H20BrN3. The van der Waals surface area contributed by atoms with E-state index < -0.39 is 0 Å². The Balaban J connectivity index is 1.88. The zero-order valence-corrected chi connectivity index (χ0v) is 12.5. The van der Waals surface area contributed by atoms with E-state index in [-0.39, 0.29) is 0 Å². The molecule has 0 N–H and O–H groups in total. The Morgan fingerprint density at radius 2 is 2.00 bits per heavy atom. The van der Waals surface area contributed by atoms with Crippen molar-refractivity contribution in [3.05, 3.63) is 17.6 Å². The van der Waals surface area contributed by atoms with Gasteiger partial charge in [0.15, 0.2) is 0 Å². The molecule has 0 aromatic carbocycles. The van der Waals surface area contributed by atoms with E-state index in [1.807, 2.05) is 0 Å². The molecule has 3 rings (SSSR count). The van der Waals surface area contributed by atoms with Gasteiger partial charge in [0.1, 0.15) is 12.1 Å². The van der Waals surface area contributed by atoms with Crippen LogP contribution in [0.3, 0.4) is 0 Å². The third-order valence-corrected chi connectivity index (χ3v) is 5.40. The number of nitrogens with zero attached hydrogens (tertiary/aromatic N) is 3. The maximum Gasteiger partial charge on any atom is 0.135 e. The SMILES string of the molecule is CN(c1ncnc2c1CCC2)C1CCCCC1Br. The fourth-order valence-corrected chi connectivity index (χ4v) is 4.25. The summed E-state index contributed by atoms with van der Waals surface area (Å²) < 4.78 is 0. The van der Waals surface area contributed by atoms with E-state index in [1.165, 1.54) is 49.2 Å². The third kappa shape index (κ3) is 2.15. The molecule has 2 aliphatic carbocycles. The lowest BCUT2D eigenvalue weighted by atomic mass is 9.94. The van der Waals surface area contributed by atoms with Crippen molar-refractivity contribution in [1.82, 2.24) is 9.97 Å². The quantitative estimate of drug-likeness (QED) is 0.786. The lowest BCUT2D eigenvalue weighted by molar-refractivity contribution is 0.441. The first-order valence-corrected chi connectivity index (χ1v) is 7.88. The van der Waals surface area contributed by atoms with Gasteiger partial charge in [0, 0.05) is 29.2 Å². The lowest BCUT2D eigenvalue weighted by Gasteiger charge is -2.36. The van der Waals surface area contributed by atoms with Crippen molar-refractivity contribution < 1.29 is 0 Å². The second kappa shape index (κ2) is 5.16. The maximum atomic E-state index is 4.55. The topological polar surface area (TPSA) is 29.0 Å². The van der Waals surface area contributed by atoms with Crippen LogP contribution in [0.25, 0.3) is 0 Å². The molecule has 1 saturated carbocycles. The van der Waals surface area contributed by atoms with E-state index in [2.05, 4.69) is 37.8 Å². The number of fused-ring (bicyclic) bond motifs is 1. The molecule has 18 heavy (non-hydrogen) atoms. The number of hydrogen-bond acceptors (Lipinski definition) is 3. The molecule has 4 heteroatoms. The lowest BCUT2D eigenvalue weighted by Crippen LogP contribution is -2.41. The predicted octanol–water partition coefficient (Wildman–Crippen LogP) is 3.11. The van der Waals surface area contributed by atoms with Crippen LogP contribution in [0.5, 0.6) is 0 Å². The highest BCUT2D eigenvalue weighted by Crippen LogP contribution is 2.33. The van der Waals surface area contributed by atoms with Gasteiger partial charge in [0.05, 0.1) is 0 Å². The minimum absolute atomic E-state index is 0.582. The highest BCUT2D eigenvalue weighted by molar-refractivity contribution is 9.09. The van der Waals surface area contributed by atoms with E-state index in [0.29, 0.717) is 10.9 Å². The molecule has 98 valence electrons. The first kappa shape index (κ1) is 12.4. The second-order valence-corrected chi connectivity index (χ2v) is 6.63. The fraction of sp³-hybridized carbons (Fsp3) is 0.714. The average molecular weight is 310 g/mol. The number of alkyl halides is 1. The van der Waals surface area contributed by atoms with E-state index in [0.717, 1.165) is 12.8 Å². The van der Waals surface area contributed by atoms with Crippen LogP contribution in [-0.2, 0) is 12.8 Å². The summed E-state index contributed by atoms with van der Waals surface area (Å²) in [4.78, 5) is 12.0. The van der Waals surface area contributed by atoms with Crippen LogP contribution in [0, 0.1) is 0 Å². The second-order valence-electron chi connectivity index (χ2n) is 5.45. The Morgan fingerprint density at radius 1 is 1.17 bits per heavy atom. The van der Waals surface area contributed by atoms with Gasteiger partial charge in [-0.3, -0.25) is 0 Å². The van der Waals surface area contributed by atoms with E-state index >= 15 is 0 Å². The summed E-state index contributed by atoms with van der Waals surface area (Å²) >= 11 is 3.85. The highest BCUT2D eigenvalue weighted by Gasteiger charge is 2.29. The number of rotatable bonds is 2. The van der Waals surface area contributed by atoms with Gasteiger partial charge < -0.3 is 4.90 Å². The Bertz CT molecular complexity index is 435. The normalized spacial score (nSPS) is 27.0. The van der Waals surface area contributed by atoms with Gasteiger partial charge in [-0.25, -0.2) is 9.97 Å². The fourth-order valence-electron chi connectivity index (χ4n) is 3.31. The molecule has 0 aliphatic heterocycles. The molecule has 3 nitrogen and oxygen atoms in total. The number of halogens is 1. The third-order valence-electron chi connectivity index (χ3n) is 4.33. The van der Waals surface area contributed by atoms with E-state index in [1.54, 1.807) is 6.33 Å². The molecule has 1 aromatic rings. The minimum Gasteiger partial charge on any atom is -0.355 e. The highest BCUT2D eigenvalue weighted by atomic mass is 79.9. The standard InChI is InChI=1S/C14H20BrN3/c1-18(13-8-3-2-6-11(13)15)14-10-5-4-7-12(10)16-9-17-14/h9,11,13H,2-8H2,1H3. The smallest absolute Gasteiger partial charge is 0.135 e. The molecule has 0 saturated heterocycles. The molecule has 0 spiro atoms. The van der Waals surface area contributed by atoms with Crippen molar-refractivity contribution in [3.63, 3.8) is 0 Å². The Hall–Kier alpha value is -0.640. The zero-order valence-electron chi connectivity index (χ0n) is 10.9. The van der Waals surface area contributed by atoms with Crippen LogP contribution in [0.1, 0.15) is 43.4 Å². The molecule has 2 aliphatic rings. The summed E-state index contributed by atoms with van der Waals surface area (Å²) in [6, 6.07) is 0.582. The van der Waals surface area contributed by atoms with Gasteiger partial charge in [-0.15, -0.1) is 0 Å². The van der Waals surface area contributed by atoms with Gasteiger partial charge in [-0.1, -0.05) is 28.8 Å². The van der Waals surface area contributed by atoms with Crippen LogP contribution in [0.15, 0.2) is 6.33 Å². The minimum atomic E-state index is 0.582. The van der Waals surface area contributed by atoms with Crippen LogP contribution in [0.2, 0.25) is 0 Å². The summed E-state index contributed by atoms with van der Waals surface area (Å²) in [6.07, 6.45) is 10.5. The van der Waals surface area contributed by atoms with Crippen molar-refractivity contribution in [1.29, 1.82) is 0 Å². The molecule has 0 amide bonds. The van der Waals surface area contributed by atoms with E-state index in [4.69, 9.17) is 0 Å². The predicted molar refractivity (Wildman–Crippen MR) is 77.4 cm³/mol. The molecule has 0 radical (unpaired) electrons. The first-order valence-electron chi connectivity index (χ1n) is 6.97. The summed E-state index contributed by atoms with van der Waals surface area (Å²) in [5.41, 5.74) is 2.67. The van der Waals surface area contributed by atoms with E-state index in [9.17, 15) is 0 Å². The number of aryl methyl sites for hydroxylation is 1. The van der Waals surface area contributed by atoms with Crippen molar-refractivity contribution in [3.8, 4) is 0 Å². The van der Waals surface area contributed by atoms with Gasteiger partial charge >= 0.3 is 0 Å².